The molecule has 1 saturated carbocycles. The minimum absolute atomic E-state index is 0.0269. The van der Waals surface area contributed by atoms with Gasteiger partial charge in [-0.1, -0.05) is 0 Å². The second-order valence-corrected chi connectivity index (χ2v) is 8.97. The molecule has 32 heavy (non-hydrogen) atoms. The lowest BCUT2D eigenvalue weighted by Gasteiger charge is -2.36. The number of alkyl halides is 3. The molecule has 1 aliphatic heterocycles. The average molecular weight is 446 g/mol. The fourth-order valence-electron chi connectivity index (χ4n) is 4.60. The van der Waals surface area contributed by atoms with Crippen molar-refractivity contribution in [2.75, 3.05) is 6.61 Å². The Labute approximate surface area is 183 Å². The van der Waals surface area contributed by atoms with Crippen LogP contribution in [0.3, 0.4) is 0 Å². The highest BCUT2D eigenvalue weighted by molar-refractivity contribution is 5.73. The third-order valence-electron chi connectivity index (χ3n) is 6.72. The molecule has 1 aliphatic carbocycles. The highest BCUT2D eigenvalue weighted by Crippen LogP contribution is 2.50. The zero-order valence-electron chi connectivity index (χ0n) is 18.2. The van der Waals surface area contributed by atoms with Gasteiger partial charge in [0.1, 0.15) is 11.3 Å². The molecule has 170 valence electrons. The molecular formula is C22H25F3N6O. The Kier molecular flexibility index (Phi) is 5.15. The first-order valence-corrected chi connectivity index (χ1v) is 10.9. The van der Waals surface area contributed by atoms with E-state index in [9.17, 15) is 13.2 Å². The molecule has 3 aromatic heterocycles. The summed E-state index contributed by atoms with van der Waals surface area (Å²) in [6.07, 6.45) is 0.949. The molecule has 0 N–H and O–H groups in total. The van der Waals surface area contributed by atoms with Crippen LogP contribution >= 0.6 is 0 Å². The molecule has 0 aromatic carbocycles. The molecular weight excluding hydrogens is 421 g/mol. The molecule has 0 spiro atoms. The van der Waals surface area contributed by atoms with Crippen LogP contribution in [0.15, 0.2) is 12.4 Å². The molecule has 5 rings (SSSR count). The second kappa shape index (κ2) is 7.75. The van der Waals surface area contributed by atoms with Crippen molar-refractivity contribution < 1.29 is 17.9 Å². The Morgan fingerprint density at radius 1 is 1.00 bits per heavy atom. The van der Waals surface area contributed by atoms with Gasteiger partial charge in [0.15, 0.2) is 5.65 Å². The van der Waals surface area contributed by atoms with Crippen LogP contribution < -0.4 is 0 Å². The van der Waals surface area contributed by atoms with Gasteiger partial charge in [-0.25, -0.2) is 19.9 Å². The maximum Gasteiger partial charge on any atom is 0.391 e. The summed E-state index contributed by atoms with van der Waals surface area (Å²) >= 11 is 0. The number of fused-ring (bicyclic) bond motifs is 1. The number of hydrogen-bond donors (Lipinski definition) is 0. The number of hydrogen-bond acceptors (Lipinski definition) is 6. The van der Waals surface area contributed by atoms with Crippen LogP contribution in [0.1, 0.15) is 72.1 Å². The molecule has 7 nitrogen and oxygen atoms in total. The predicted octanol–water partition coefficient (Wildman–Crippen LogP) is 4.46. The smallest absolute Gasteiger partial charge is 0.373 e. The zero-order valence-corrected chi connectivity index (χ0v) is 18.2. The van der Waals surface area contributed by atoms with Gasteiger partial charge in [-0.05, 0) is 39.5 Å². The van der Waals surface area contributed by atoms with Gasteiger partial charge in [-0.3, -0.25) is 4.68 Å². The van der Waals surface area contributed by atoms with Crippen LogP contribution in [0.25, 0.3) is 11.2 Å². The van der Waals surface area contributed by atoms with Gasteiger partial charge < -0.3 is 4.74 Å². The lowest BCUT2D eigenvalue weighted by atomic mass is 9.72. The summed E-state index contributed by atoms with van der Waals surface area (Å²) in [4.78, 5) is 18.7. The third kappa shape index (κ3) is 3.85. The van der Waals surface area contributed by atoms with Crippen molar-refractivity contribution in [3.63, 3.8) is 0 Å². The number of aryl methyl sites for hydroxylation is 3. The normalized spacial score (nSPS) is 26.3. The summed E-state index contributed by atoms with van der Waals surface area (Å²) in [5, 5.41) is 4.23. The number of ether oxygens (including phenoxy) is 1. The van der Waals surface area contributed by atoms with Crippen molar-refractivity contribution in [1.82, 2.24) is 29.7 Å². The monoisotopic (exact) mass is 446 g/mol. The SMILES string of the molecule is Cc1nc2nc([C@@H]3CCO[C@H](c4cnn(C)c4)C3)nc([C@H]3C[C@H](C(F)(F)F)C3)c2nc1C. The second-order valence-electron chi connectivity index (χ2n) is 8.97. The summed E-state index contributed by atoms with van der Waals surface area (Å²) in [6, 6.07) is 0. The van der Waals surface area contributed by atoms with Gasteiger partial charge in [0.2, 0.25) is 0 Å². The van der Waals surface area contributed by atoms with Crippen molar-refractivity contribution in [3.05, 3.63) is 40.9 Å². The van der Waals surface area contributed by atoms with E-state index in [1.54, 1.807) is 10.9 Å². The van der Waals surface area contributed by atoms with Gasteiger partial charge in [0.05, 0.1) is 35.3 Å². The van der Waals surface area contributed by atoms with E-state index >= 15 is 0 Å². The number of nitrogens with zero attached hydrogens (tertiary/aromatic N) is 6. The standard InChI is InChI=1S/C22H25F3N6O/c1-11-12(2)28-21-19(27-11)18(14-6-16(7-14)22(23,24)25)29-20(30-21)13-4-5-32-17(8-13)15-9-26-31(3)10-15/h9-10,13-14,16-17H,4-8H2,1-3H3/t13-,14-,16-,17+/m1/s1. The lowest BCUT2D eigenvalue weighted by molar-refractivity contribution is -0.197. The van der Waals surface area contributed by atoms with Gasteiger partial charge in [-0.2, -0.15) is 18.3 Å². The highest BCUT2D eigenvalue weighted by atomic mass is 19.4. The zero-order chi connectivity index (χ0) is 22.6. The maximum absolute atomic E-state index is 13.1. The van der Waals surface area contributed by atoms with E-state index in [0.29, 0.717) is 35.7 Å². The molecule has 0 unspecified atom stereocenters. The molecule has 0 radical (unpaired) electrons. The summed E-state index contributed by atoms with van der Waals surface area (Å²) in [6.45, 7) is 4.26. The first kappa shape index (κ1) is 21.2. The van der Waals surface area contributed by atoms with Crippen molar-refractivity contribution in [1.29, 1.82) is 0 Å². The van der Waals surface area contributed by atoms with Crippen LogP contribution in [0.5, 0.6) is 0 Å². The molecule has 2 fully saturated rings. The van der Waals surface area contributed by atoms with Gasteiger partial charge in [0, 0.05) is 37.3 Å². The fourth-order valence-corrected chi connectivity index (χ4v) is 4.60. The quantitative estimate of drug-likeness (QED) is 0.591. The van der Waals surface area contributed by atoms with Crippen molar-refractivity contribution in [2.45, 2.75) is 63.6 Å². The topological polar surface area (TPSA) is 78.6 Å². The van der Waals surface area contributed by atoms with E-state index in [1.165, 1.54) is 0 Å². The summed E-state index contributed by atoms with van der Waals surface area (Å²) in [5.41, 5.74) is 4.09. The molecule has 4 heterocycles. The van der Waals surface area contributed by atoms with Crippen molar-refractivity contribution in [3.8, 4) is 0 Å². The summed E-state index contributed by atoms with van der Waals surface area (Å²) in [7, 11) is 1.86. The molecule has 2 atom stereocenters. The van der Waals surface area contributed by atoms with Crippen LogP contribution in [0, 0.1) is 19.8 Å². The molecule has 0 amide bonds. The van der Waals surface area contributed by atoms with Crippen LogP contribution in [0.2, 0.25) is 0 Å². The molecule has 3 aromatic rings. The molecule has 1 saturated heterocycles. The maximum atomic E-state index is 13.1. The van der Waals surface area contributed by atoms with Gasteiger partial charge >= 0.3 is 6.18 Å². The van der Waals surface area contributed by atoms with E-state index in [1.807, 2.05) is 27.1 Å². The summed E-state index contributed by atoms with van der Waals surface area (Å²) in [5.74, 6) is -0.911. The lowest BCUT2D eigenvalue weighted by Crippen LogP contribution is -2.35. The average Bonchev–Trinajstić information content (AvgIpc) is 3.13. The Hall–Kier alpha value is -2.62. The van der Waals surface area contributed by atoms with Crippen LogP contribution in [0.4, 0.5) is 13.2 Å². The van der Waals surface area contributed by atoms with Crippen LogP contribution in [-0.4, -0.2) is 42.5 Å². The minimum Gasteiger partial charge on any atom is -0.373 e. The fraction of sp³-hybridized carbons (Fsp3) is 0.591. The van der Waals surface area contributed by atoms with Gasteiger partial charge in [0.25, 0.3) is 0 Å². The van der Waals surface area contributed by atoms with E-state index in [-0.39, 0.29) is 30.8 Å². The van der Waals surface area contributed by atoms with Crippen molar-refractivity contribution in [2.24, 2.45) is 13.0 Å². The van der Waals surface area contributed by atoms with E-state index in [2.05, 4.69) is 15.1 Å². The third-order valence-corrected chi connectivity index (χ3v) is 6.72. The number of rotatable bonds is 3. The van der Waals surface area contributed by atoms with E-state index < -0.39 is 12.1 Å². The molecule has 10 heteroatoms. The molecule has 0 bridgehead atoms. The molecule has 2 aliphatic rings. The van der Waals surface area contributed by atoms with E-state index in [4.69, 9.17) is 14.7 Å². The Morgan fingerprint density at radius 3 is 2.44 bits per heavy atom. The number of halogens is 3. The Bertz CT molecular complexity index is 1150. The number of aromatic nitrogens is 6. The first-order chi connectivity index (χ1) is 15.2. The summed E-state index contributed by atoms with van der Waals surface area (Å²) < 4.78 is 47.0. The first-order valence-electron chi connectivity index (χ1n) is 10.9. The Balaban J connectivity index is 1.50. The van der Waals surface area contributed by atoms with Crippen LogP contribution in [-0.2, 0) is 11.8 Å². The predicted molar refractivity (Wildman–Crippen MR) is 110 cm³/mol. The highest BCUT2D eigenvalue weighted by Gasteiger charge is 2.49. The van der Waals surface area contributed by atoms with E-state index in [0.717, 1.165) is 23.4 Å². The van der Waals surface area contributed by atoms with Crippen molar-refractivity contribution >= 4 is 11.2 Å². The Morgan fingerprint density at radius 2 is 1.75 bits per heavy atom. The minimum atomic E-state index is -4.17. The largest absolute Gasteiger partial charge is 0.391 e. The van der Waals surface area contributed by atoms with Gasteiger partial charge in [-0.15, -0.1) is 0 Å².